The molecule has 0 fully saturated rings. The molecule has 0 N–H and O–H groups in total. The van der Waals surface area contributed by atoms with Crippen molar-refractivity contribution in [2.75, 3.05) is 9.80 Å². The third-order valence-corrected chi connectivity index (χ3v) is 14.7. The fourth-order valence-corrected chi connectivity index (χ4v) is 11.8. The van der Waals surface area contributed by atoms with Crippen LogP contribution in [0.3, 0.4) is 0 Å². The average molecular weight is 819 g/mol. The molecule has 6 aromatic carbocycles. The first-order chi connectivity index (χ1) is 30.2. The standard InChI is InChI=1S/C56H54N2O4/c1-5-9-29-55(30-10-6-2)45-19-15-13-17-37(45)39-23-21-35(33-47(39)55)57-51(59)41-25-27-43-50-44(28-26-42(49(41)50)52(57)60)54(62)58(53(43)61)36-22-24-40-38-18-14-16-20-46(38)56(31-11-7-3,32-12-8-4)48(40)34-36/h13-28,33-34H,5-12,29-32H2,1-4H3. The van der Waals surface area contributed by atoms with Gasteiger partial charge in [0.15, 0.2) is 0 Å². The van der Waals surface area contributed by atoms with Gasteiger partial charge in [-0.05, 0) is 119 Å². The highest BCUT2D eigenvalue weighted by atomic mass is 16.2. The molecule has 6 aromatic rings. The van der Waals surface area contributed by atoms with Gasteiger partial charge in [-0.25, -0.2) is 9.80 Å². The van der Waals surface area contributed by atoms with Crippen LogP contribution >= 0.6 is 0 Å². The summed E-state index contributed by atoms with van der Waals surface area (Å²) in [5.41, 5.74) is 11.7. The average Bonchev–Trinajstić information content (AvgIpc) is 3.73. The van der Waals surface area contributed by atoms with Crippen LogP contribution in [0.2, 0.25) is 0 Å². The largest absolute Gasteiger partial charge is 0.268 e. The molecule has 0 radical (unpaired) electrons. The van der Waals surface area contributed by atoms with E-state index in [1.165, 1.54) is 43.2 Å². The zero-order chi connectivity index (χ0) is 42.9. The highest BCUT2D eigenvalue weighted by molar-refractivity contribution is 6.42. The van der Waals surface area contributed by atoms with Gasteiger partial charge < -0.3 is 0 Å². The van der Waals surface area contributed by atoms with E-state index in [4.69, 9.17) is 0 Å². The third-order valence-electron chi connectivity index (χ3n) is 14.7. The molecule has 6 nitrogen and oxygen atoms in total. The first kappa shape index (κ1) is 40.0. The Bertz CT molecular complexity index is 2590. The number of fused-ring (bicyclic) bond motifs is 6. The maximum absolute atomic E-state index is 14.8. The molecule has 10 rings (SSSR count). The Morgan fingerprint density at radius 1 is 0.355 bits per heavy atom. The number of hydrogen-bond acceptors (Lipinski definition) is 4. The molecule has 0 aromatic heterocycles. The van der Waals surface area contributed by atoms with E-state index in [9.17, 15) is 19.2 Å². The van der Waals surface area contributed by atoms with Crippen LogP contribution in [0, 0.1) is 0 Å². The Labute approximate surface area is 365 Å². The van der Waals surface area contributed by atoms with E-state index < -0.39 is 23.6 Å². The number of carbonyl (C=O) groups excluding carboxylic acids is 4. The van der Waals surface area contributed by atoms with E-state index >= 15 is 0 Å². The Kier molecular flexibility index (Phi) is 9.89. The maximum atomic E-state index is 14.8. The van der Waals surface area contributed by atoms with Crippen LogP contribution in [0.5, 0.6) is 0 Å². The number of amides is 4. The van der Waals surface area contributed by atoms with E-state index in [-0.39, 0.29) is 10.8 Å². The summed E-state index contributed by atoms with van der Waals surface area (Å²) in [4.78, 5) is 61.6. The van der Waals surface area contributed by atoms with E-state index in [0.29, 0.717) is 44.4 Å². The van der Waals surface area contributed by atoms with Gasteiger partial charge in [0.2, 0.25) is 0 Å². The maximum Gasteiger partial charge on any atom is 0.265 e. The van der Waals surface area contributed by atoms with Crippen molar-refractivity contribution < 1.29 is 19.2 Å². The van der Waals surface area contributed by atoms with Crippen LogP contribution < -0.4 is 9.80 Å². The Hall–Kier alpha value is -6.14. The molecule has 2 aliphatic carbocycles. The van der Waals surface area contributed by atoms with Crippen LogP contribution in [0.1, 0.15) is 168 Å². The minimum atomic E-state index is -0.453. The lowest BCUT2D eigenvalue weighted by Crippen LogP contribution is -2.43. The molecule has 312 valence electrons. The SMILES string of the molecule is CCCCC1(CCCC)c2ccccc2-c2ccc(N3C(=O)c4ccc5c6c(ccc(c46)C3=O)C(=O)N(c3ccc4c(c3)C(CCCC)(CCCC)c3ccccc3-4)C5=O)cc21. The minimum Gasteiger partial charge on any atom is -0.268 e. The Balaban J connectivity index is 1.04. The van der Waals surface area contributed by atoms with Crippen LogP contribution in [0.25, 0.3) is 33.0 Å². The van der Waals surface area contributed by atoms with Crippen molar-refractivity contribution in [3.05, 3.63) is 154 Å². The van der Waals surface area contributed by atoms with Gasteiger partial charge in [-0.15, -0.1) is 0 Å². The first-order valence-electron chi connectivity index (χ1n) is 23.1. The number of imide groups is 2. The predicted octanol–water partition coefficient (Wildman–Crippen LogP) is 13.7. The summed E-state index contributed by atoms with van der Waals surface area (Å²) in [6, 6.07) is 36.2. The second-order valence-corrected chi connectivity index (χ2v) is 18.1. The molecular formula is C56H54N2O4. The summed E-state index contributed by atoms with van der Waals surface area (Å²) in [5, 5.41) is 0.757. The molecule has 4 aliphatic rings. The summed E-state index contributed by atoms with van der Waals surface area (Å²) < 4.78 is 0. The van der Waals surface area contributed by atoms with Crippen molar-refractivity contribution in [3.8, 4) is 22.3 Å². The monoisotopic (exact) mass is 818 g/mol. The van der Waals surface area contributed by atoms with Gasteiger partial charge in [0.1, 0.15) is 0 Å². The van der Waals surface area contributed by atoms with E-state index in [0.717, 1.165) is 88.2 Å². The third kappa shape index (κ3) is 5.60. The summed E-state index contributed by atoms with van der Waals surface area (Å²) in [6.45, 7) is 8.90. The zero-order valence-electron chi connectivity index (χ0n) is 36.4. The number of rotatable bonds is 14. The highest BCUT2D eigenvalue weighted by Crippen LogP contribution is 2.57. The molecular weight excluding hydrogens is 765 g/mol. The minimum absolute atomic E-state index is 0.212. The second-order valence-electron chi connectivity index (χ2n) is 18.1. The zero-order valence-corrected chi connectivity index (χ0v) is 36.4. The van der Waals surface area contributed by atoms with E-state index in [1.807, 2.05) is 12.1 Å². The van der Waals surface area contributed by atoms with Gasteiger partial charge >= 0.3 is 0 Å². The summed E-state index contributed by atoms with van der Waals surface area (Å²) in [6.07, 6.45) is 12.5. The van der Waals surface area contributed by atoms with Gasteiger partial charge in [0.05, 0.1) is 11.4 Å². The molecule has 0 saturated carbocycles. The fourth-order valence-electron chi connectivity index (χ4n) is 11.8. The smallest absolute Gasteiger partial charge is 0.265 e. The van der Waals surface area contributed by atoms with E-state index in [2.05, 4.69) is 100 Å². The molecule has 0 bridgehead atoms. The molecule has 2 heterocycles. The van der Waals surface area contributed by atoms with Crippen molar-refractivity contribution in [2.24, 2.45) is 0 Å². The van der Waals surface area contributed by atoms with Crippen LogP contribution in [-0.2, 0) is 10.8 Å². The molecule has 4 amide bonds. The molecule has 0 atom stereocenters. The molecule has 62 heavy (non-hydrogen) atoms. The fraction of sp³-hybridized carbons (Fsp3) is 0.321. The number of benzene rings is 6. The number of nitrogens with zero attached hydrogens (tertiary/aromatic N) is 2. The number of hydrogen-bond donors (Lipinski definition) is 0. The molecule has 0 spiro atoms. The van der Waals surface area contributed by atoms with Crippen LogP contribution in [-0.4, -0.2) is 23.6 Å². The van der Waals surface area contributed by atoms with Gasteiger partial charge in [0.25, 0.3) is 23.6 Å². The van der Waals surface area contributed by atoms with Crippen molar-refractivity contribution in [2.45, 2.75) is 116 Å². The molecule has 6 heteroatoms. The second kappa shape index (κ2) is 15.3. The van der Waals surface area contributed by atoms with Gasteiger partial charge in [-0.1, -0.05) is 140 Å². The number of anilines is 2. The van der Waals surface area contributed by atoms with Crippen molar-refractivity contribution in [3.63, 3.8) is 0 Å². The number of carbonyl (C=O) groups is 4. The van der Waals surface area contributed by atoms with Crippen molar-refractivity contribution >= 4 is 45.8 Å². The quantitative estimate of drug-likeness (QED) is 0.103. The normalized spacial score (nSPS) is 16.2. The van der Waals surface area contributed by atoms with Crippen molar-refractivity contribution in [1.82, 2.24) is 0 Å². The summed E-state index contributed by atoms with van der Waals surface area (Å²) >= 11 is 0. The van der Waals surface area contributed by atoms with Crippen LogP contribution in [0.15, 0.2) is 109 Å². The predicted molar refractivity (Wildman–Crippen MR) is 250 cm³/mol. The number of unbranched alkanes of at least 4 members (excludes halogenated alkanes) is 4. The van der Waals surface area contributed by atoms with Gasteiger partial charge in [-0.2, -0.15) is 0 Å². The van der Waals surface area contributed by atoms with Gasteiger partial charge in [-0.3, -0.25) is 19.2 Å². The molecule has 2 aliphatic heterocycles. The summed E-state index contributed by atoms with van der Waals surface area (Å²) in [5.74, 6) is -1.81. The van der Waals surface area contributed by atoms with Crippen molar-refractivity contribution in [1.29, 1.82) is 0 Å². The Morgan fingerprint density at radius 3 is 0.968 bits per heavy atom. The highest BCUT2D eigenvalue weighted by Gasteiger charge is 2.46. The lowest BCUT2D eigenvalue weighted by Gasteiger charge is -2.35. The molecule has 0 unspecified atom stereocenters. The molecule has 0 saturated heterocycles. The lowest BCUT2D eigenvalue weighted by molar-refractivity contribution is 0.0873. The lowest BCUT2D eigenvalue weighted by atomic mass is 9.71. The van der Waals surface area contributed by atoms with Gasteiger partial charge in [0, 0.05) is 43.9 Å². The topological polar surface area (TPSA) is 74.8 Å². The van der Waals surface area contributed by atoms with Crippen LogP contribution in [0.4, 0.5) is 11.4 Å². The first-order valence-corrected chi connectivity index (χ1v) is 23.1. The Morgan fingerprint density at radius 2 is 0.645 bits per heavy atom. The summed E-state index contributed by atoms with van der Waals surface area (Å²) in [7, 11) is 0. The van der Waals surface area contributed by atoms with E-state index in [1.54, 1.807) is 24.3 Å².